The van der Waals surface area contributed by atoms with Crippen molar-refractivity contribution in [2.75, 3.05) is 0 Å². The molecule has 0 aliphatic carbocycles. The lowest BCUT2D eigenvalue weighted by atomic mass is 10.1. The largest absolute Gasteiger partial charge is 0.490 e. The molecular weight excluding hydrogens is 172 g/mol. The average molecular weight is 192 g/mol. The van der Waals surface area contributed by atoms with E-state index in [-0.39, 0.29) is 0 Å². The molecule has 0 saturated carbocycles. The number of rotatable bonds is 5. The van der Waals surface area contributed by atoms with Gasteiger partial charge >= 0.3 is 0 Å². The third-order valence-electron chi connectivity index (χ3n) is 2.40. The van der Waals surface area contributed by atoms with Crippen molar-refractivity contribution in [3.8, 4) is 5.75 Å². The molecule has 0 aliphatic rings. The molecule has 1 rings (SSSR count). The van der Waals surface area contributed by atoms with Crippen molar-refractivity contribution in [2.24, 2.45) is 0 Å². The maximum atomic E-state index is 5.85. The Labute approximate surface area is 87.1 Å². The molecule has 1 nitrogen and oxygen atoms in total. The standard InChI is InChI=1S/C13H20O/c1-4-8-12-9-6-7-10-13(12)14-11(3)5-2/h6-7,9-11H,4-5,8H2,1-3H3/t11-/m0/s1. The van der Waals surface area contributed by atoms with Gasteiger partial charge in [0, 0.05) is 0 Å². The predicted molar refractivity (Wildman–Crippen MR) is 60.8 cm³/mol. The van der Waals surface area contributed by atoms with Crippen LogP contribution in [0.3, 0.4) is 0 Å². The monoisotopic (exact) mass is 192 g/mol. The molecule has 14 heavy (non-hydrogen) atoms. The number of hydrogen-bond donors (Lipinski definition) is 0. The first-order valence-electron chi connectivity index (χ1n) is 5.52. The van der Waals surface area contributed by atoms with Gasteiger partial charge in [0.05, 0.1) is 6.10 Å². The predicted octanol–water partition coefficient (Wildman–Crippen LogP) is 3.82. The molecule has 0 saturated heterocycles. The van der Waals surface area contributed by atoms with Crippen molar-refractivity contribution in [3.05, 3.63) is 29.8 Å². The minimum Gasteiger partial charge on any atom is -0.490 e. The first kappa shape index (κ1) is 11.1. The molecule has 0 amide bonds. The summed E-state index contributed by atoms with van der Waals surface area (Å²) in [4.78, 5) is 0. The molecule has 0 heterocycles. The van der Waals surface area contributed by atoms with Gasteiger partial charge in [-0.1, -0.05) is 38.5 Å². The molecule has 0 aliphatic heterocycles. The lowest BCUT2D eigenvalue weighted by molar-refractivity contribution is 0.215. The first-order valence-corrected chi connectivity index (χ1v) is 5.52. The van der Waals surface area contributed by atoms with Crippen molar-refractivity contribution in [3.63, 3.8) is 0 Å². The second-order valence-corrected chi connectivity index (χ2v) is 3.69. The third-order valence-corrected chi connectivity index (χ3v) is 2.40. The van der Waals surface area contributed by atoms with E-state index < -0.39 is 0 Å². The SMILES string of the molecule is CCCc1ccccc1O[C@@H](C)CC. The highest BCUT2D eigenvalue weighted by atomic mass is 16.5. The lowest BCUT2D eigenvalue weighted by Gasteiger charge is -2.15. The smallest absolute Gasteiger partial charge is 0.122 e. The highest BCUT2D eigenvalue weighted by Crippen LogP contribution is 2.21. The molecule has 0 fully saturated rings. The summed E-state index contributed by atoms with van der Waals surface area (Å²) in [5.41, 5.74) is 1.33. The highest BCUT2D eigenvalue weighted by molar-refractivity contribution is 5.33. The molecule has 0 spiro atoms. The van der Waals surface area contributed by atoms with Crippen LogP contribution in [-0.4, -0.2) is 6.10 Å². The van der Waals surface area contributed by atoms with E-state index in [4.69, 9.17) is 4.74 Å². The summed E-state index contributed by atoms with van der Waals surface area (Å²) in [6.07, 6.45) is 3.64. The minimum atomic E-state index is 0.313. The second-order valence-electron chi connectivity index (χ2n) is 3.69. The summed E-state index contributed by atoms with van der Waals surface area (Å²) in [6, 6.07) is 8.34. The van der Waals surface area contributed by atoms with Gasteiger partial charge in [-0.2, -0.15) is 0 Å². The maximum absolute atomic E-state index is 5.85. The van der Waals surface area contributed by atoms with E-state index in [2.05, 4.69) is 39.0 Å². The van der Waals surface area contributed by atoms with Crippen LogP contribution in [0.2, 0.25) is 0 Å². The Morgan fingerprint density at radius 3 is 2.57 bits per heavy atom. The van der Waals surface area contributed by atoms with Gasteiger partial charge in [0.1, 0.15) is 5.75 Å². The van der Waals surface area contributed by atoms with Gasteiger partial charge in [0.25, 0.3) is 0 Å². The molecular formula is C13H20O. The van der Waals surface area contributed by atoms with Crippen LogP contribution >= 0.6 is 0 Å². The fraction of sp³-hybridized carbons (Fsp3) is 0.538. The number of ether oxygens (including phenoxy) is 1. The quantitative estimate of drug-likeness (QED) is 0.689. The highest BCUT2D eigenvalue weighted by Gasteiger charge is 2.05. The Balaban J connectivity index is 2.73. The molecule has 1 heteroatoms. The number of benzene rings is 1. The minimum absolute atomic E-state index is 0.313. The molecule has 0 bridgehead atoms. The van der Waals surface area contributed by atoms with Crippen LogP contribution in [0.5, 0.6) is 5.75 Å². The van der Waals surface area contributed by atoms with E-state index in [0.29, 0.717) is 6.10 Å². The van der Waals surface area contributed by atoms with Gasteiger partial charge in [-0.3, -0.25) is 0 Å². The molecule has 0 N–H and O–H groups in total. The Morgan fingerprint density at radius 1 is 1.21 bits per heavy atom. The van der Waals surface area contributed by atoms with Gasteiger partial charge in [0.2, 0.25) is 0 Å². The van der Waals surface area contributed by atoms with E-state index >= 15 is 0 Å². The lowest BCUT2D eigenvalue weighted by Crippen LogP contribution is -2.10. The topological polar surface area (TPSA) is 9.23 Å². The molecule has 0 radical (unpaired) electrons. The van der Waals surface area contributed by atoms with Crippen molar-refractivity contribution in [1.82, 2.24) is 0 Å². The molecule has 1 atom stereocenters. The zero-order valence-corrected chi connectivity index (χ0v) is 9.42. The van der Waals surface area contributed by atoms with Gasteiger partial charge in [0.15, 0.2) is 0 Å². The summed E-state index contributed by atoms with van der Waals surface area (Å²) in [5, 5.41) is 0. The van der Waals surface area contributed by atoms with Gasteiger partial charge in [-0.25, -0.2) is 0 Å². The number of aryl methyl sites for hydroxylation is 1. The van der Waals surface area contributed by atoms with Gasteiger partial charge < -0.3 is 4.74 Å². The van der Waals surface area contributed by atoms with Crippen LogP contribution in [0, 0.1) is 0 Å². The zero-order valence-electron chi connectivity index (χ0n) is 9.42. The van der Waals surface area contributed by atoms with Crippen LogP contribution < -0.4 is 4.74 Å². The summed E-state index contributed by atoms with van der Waals surface area (Å²) in [7, 11) is 0. The van der Waals surface area contributed by atoms with E-state index in [9.17, 15) is 0 Å². The van der Waals surface area contributed by atoms with Crippen molar-refractivity contribution < 1.29 is 4.74 Å². The normalized spacial score (nSPS) is 12.5. The number of para-hydroxylation sites is 1. The fourth-order valence-electron chi connectivity index (χ4n) is 1.39. The molecule has 78 valence electrons. The van der Waals surface area contributed by atoms with Crippen molar-refractivity contribution >= 4 is 0 Å². The first-order chi connectivity index (χ1) is 6.77. The Kier molecular flexibility index (Phi) is 4.51. The molecule has 1 aromatic carbocycles. The summed E-state index contributed by atoms with van der Waals surface area (Å²) in [6.45, 7) is 6.45. The van der Waals surface area contributed by atoms with E-state index in [1.807, 2.05) is 6.07 Å². The Morgan fingerprint density at radius 2 is 1.93 bits per heavy atom. The number of hydrogen-bond acceptors (Lipinski definition) is 1. The second kappa shape index (κ2) is 5.69. The third kappa shape index (κ3) is 3.06. The van der Waals surface area contributed by atoms with Crippen LogP contribution in [0.25, 0.3) is 0 Å². The van der Waals surface area contributed by atoms with Crippen LogP contribution in [-0.2, 0) is 6.42 Å². The fourth-order valence-corrected chi connectivity index (χ4v) is 1.39. The molecule has 1 aromatic rings. The summed E-state index contributed by atoms with van der Waals surface area (Å²) in [5.74, 6) is 1.06. The van der Waals surface area contributed by atoms with Gasteiger partial charge in [-0.05, 0) is 31.4 Å². The van der Waals surface area contributed by atoms with E-state index in [0.717, 1.165) is 18.6 Å². The summed E-state index contributed by atoms with van der Waals surface area (Å²) < 4.78 is 5.85. The van der Waals surface area contributed by atoms with Crippen LogP contribution in [0.15, 0.2) is 24.3 Å². The van der Waals surface area contributed by atoms with E-state index in [1.165, 1.54) is 12.0 Å². The molecule has 0 unspecified atom stereocenters. The summed E-state index contributed by atoms with van der Waals surface area (Å²) >= 11 is 0. The Bertz CT molecular complexity index is 268. The zero-order chi connectivity index (χ0) is 10.4. The average Bonchev–Trinajstić information content (AvgIpc) is 2.21. The van der Waals surface area contributed by atoms with Crippen molar-refractivity contribution in [1.29, 1.82) is 0 Å². The van der Waals surface area contributed by atoms with Crippen LogP contribution in [0.1, 0.15) is 39.2 Å². The van der Waals surface area contributed by atoms with Gasteiger partial charge in [-0.15, -0.1) is 0 Å². The molecule has 0 aromatic heterocycles. The Hall–Kier alpha value is -0.980. The maximum Gasteiger partial charge on any atom is 0.122 e. The van der Waals surface area contributed by atoms with E-state index in [1.54, 1.807) is 0 Å². The van der Waals surface area contributed by atoms with Crippen molar-refractivity contribution in [2.45, 2.75) is 46.1 Å². The van der Waals surface area contributed by atoms with Crippen LogP contribution in [0.4, 0.5) is 0 Å².